The number of nitrogens with zero attached hydrogens (tertiary/aromatic N) is 4. The lowest BCUT2D eigenvalue weighted by molar-refractivity contribution is 0.0572. The van der Waals surface area contributed by atoms with E-state index in [0.29, 0.717) is 12.6 Å². The fraction of sp³-hybridized carbons (Fsp3) is 0.667. The number of hydrogen-bond donors (Lipinski definition) is 4. The van der Waals surface area contributed by atoms with Crippen molar-refractivity contribution < 1.29 is 14.9 Å². The van der Waals surface area contributed by atoms with Crippen LogP contribution >= 0.6 is 0 Å². The maximum Gasteiger partial charge on any atom is 0.323 e. The Hall–Kier alpha value is -1.71. The third-order valence-corrected chi connectivity index (χ3v) is 2.55. The molecule has 1 aliphatic heterocycles. The third-order valence-electron chi connectivity index (χ3n) is 2.55. The first kappa shape index (κ1) is 12.7. The summed E-state index contributed by atoms with van der Waals surface area (Å²) in [7, 11) is 0. The fourth-order valence-electron chi connectivity index (χ4n) is 1.68. The maximum absolute atomic E-state index is 9.49. The Labute approximate surface area is 104 Å². The van der Waals surface area contributed by atoms with Crippen molar-refractivity contribution in [3.63, 3.8) is 0 Å². The molecule has 18 heavy (non-hydrogen) atoms. The lowest BCUT2D eigenvalue weighted by Crippen LogP contribution is -2.25. The molecule has 0 saturated carbocycles. The van der Waals surface area contributed by atoms with Crippen LogP contribution in [0.5, 0.6) is 6.01 Å². The molecule has 0 aromatic carbocycles. The molecule has 9 heteroatoms. The van der Waals surface area contributed by atoms with Crippen molar-refractivity contribution >= 4 is 11.9 Å². The molecule has 2 unspecified atom stereocenters. The van der Waals surface area contributed by atoms with E-state index in [1.807, 2.05) is 6.92 Å². The zero-order chi connectivity index (χ0) is 13.1. The number of aliphatic hydroxyl groups is 2. The molecule has 1 saturated heterocycles. The quantitative estimate of drug-likeness (QED) is 0.360. The van der Waals surface area contributed by atoms with Crippen LogP contribution in [-0.2, 0) is 0 Å². The fourth-order valence-corrected chi connectivity index (χ4v) is 1.68. The molecule has 1 aromatic rings. The van der Waals surface area contributed by atoms with Crippen molar-refractivity contribution in [1.29, 1.82) is 0 Å². The van der Waals surface area contributed by atoms with Gasteiger partial charge in [-0.25, -0.2) is 5.84 Å². The first-order valence-electron chi connectivity index (χ1n) is 5.60. The Balaban J connectivity index is 2.24. The number of anilines is 2. The summed E-state index contributed by atoms with van der Waals surface area (Å²) in [5.74, 6) is 5.73. The van der Waals surface area contributed by atoms with Gasteiger partial charge >= 0.3 is 6.01 Å². The molecule has 2 heterocycles. The second-order valence-electron chi connectivity index (χ2n) is 3.86. The average Bonchev–Trinajstić information content (AvgIpc) is 2.70. The maximum atomic E-state index is 9.49. The zero-order valence-corrected chi connectivity index (χ0v) is 9.94. The van der Waals surface area contributed by atoms with E-state index >= 15 is 0 Å². The van der Waals surface area contributed by atoms with Crippen molar-refractivity contribution in [3.8, 4) is 6.01 Å². The van der Waals surface area contributed by atoms with E-state index in [4.69, 9.17) is 10.6 Å². The molecular weight excluding hydrogens is 240 g/mol. The highest BCUT2D eigenvalue weighted by atomic mass is 16.5. The summed E-state index contributed by atoms with van der Waals surface area (Å²) in [6.45, 7) is 2.72. The zero-order valence-electron chi connectivity index (χ0n) is 9.94. The van der Waals surface area contributed by atoms with Gasteiger partial charge in [-0.05, 0) is 6.92 Å². The smallest absolute Gasteiger partial charge is 0.323 e. The normalized spacial score (nSPS) is 23.2. The number of rotatable bonds is 4. The second kappa shape index (κ2) is 5.29. The van der Waals surface area contributed by atoms with E-state index < -0.39 is 12.2 Å². The number of hydrazine groups is 1. The minimum atomic E-state index is -0.813. The van der Waals surface area contributed by atoms with Gasteiger partial charge in [-0.3, -0.25) is 5.43 Å². The van der Waals surface area contributed by atoms with Gasteiger partial charge in [0.15, 0.2) is 0 Å². The summed E-state index contributed by atoms with van der Waals surface area (Å²) < 4.78 is 5.19. The van der Waals surface area contributed by atoms with Crippen LogP contribution in [0, 0.1) is 0 Å². The molecule has 1 aromatic heterocycles. The number of hydrogen-bond acceptors (Lipinski definition) is 9. The molecule has 0 bridgehead atoms. The minimum absolute atomic E-state index is 0.145. The van der Waals surface area contributed by atoms with E-state index in [0.717, 1.165) is 0 Å². The van der Waals surface area contributed by atoms with Gasteiger partial charge in [-0.15, -0.1) is 0 Å². The SMILES string of the molecule is CCOc1nc(NN)nc(N2CC(O)C(O)C2)n1. The van der Waals surface area contributed by atoms with Gasteiger partial charge in [0.1, 0.15) is 0 Å². The number of ether oxygens (including phenoxy) is 1. The van der Waals surface area contributed by atoms with Crippen molar-refractivity contribution in [2.75, 3.05) is 30.0 Å². The number of aliphatic hydroxyl groups excluding tert-OH is 2. The highest BCUT2D eigenvalue weighted by molar-refractivity contribution is 5.39. The van der Waals surface area contributed by atoms with Gasteiger partial charge in [-0.1, -0.05) is 0 Å². The van der Waals surface area contributed by atoms with Crippen LogP contribution in [0.15, 0.2) is 0 Å². The van der Waals surface area contributed by atoms with Gasteiger partial charge in [0.2, 0.25) is 11.9 Å². The monoisotopic (exact) mass is 256 g/mol. The summed E-state index contributed by atoms with van der Waals surface area (Å²) >= 11 is 0. The summed E-state index contributed by atoms with van der Waals surface area (Å²) in [4.78, 5) is 13.7. The first-order chi connectivity index (χ1) is 8.63. The molecule has 1 fully saturated rings. The Bertz CT molecular complexity index is 407. The van der Waals surface area contributed by atoms with Gasteiger partial charge in [-0.2, -0.15) is 15.0 Å². The van der Waals surface area contributed by atoms with E-state index in [-0.39, 0.29) is 25.0 Å². The molecule has 5 N–H and O–H groups in total. The number of nitrogens with two attached hydrogens (primary N) is 1. The van der Waals surface area contributed by atoms with E-state index in [9.17, 15) is 10.2 Å². The highest BCUT2D eigenvalue weighted by Gasteiger charge is 2.31. The predicted molar refractivity (Wildman–Crippen MR) is 63.0 cm³/mol. The Kier molecular flexibility index (Phi) is 3.75. The van der Waals surface area contributed by atoms with E-state index in [1.165, 1.54) is 0 Å². The van der Waals surface area contributed by atoms with Crippen LogP contribution in [0.2, 0.25) is 0 Å². The van der Waals surface area contributed by atoms with Crippen LogP contribution in [0.1, 0.15) is 6.92 Å². The van der Waals surface area contributed by atoms with Crippen LogP contribution in [-0.4, -0.2) is 57.1 Å². The number of nitrogens with one attached hydrogen (secondary N) is 1. The standard InChI is InChI=1S/C9H16N6O3/c1-2-18-9-12-7(14-10)11-8(13-9)15-3-5(16)6(17)4-15/h5-6,16-17H,2-4,10H2,1H3,(H,11,12,13,14). The molecule has 0 radical (unpaired) electrons. The highest BCUT2D eigenvalue weighted by Crippen LogP contribution is 2.19. The Morgan fingerprint density at radius 2 is 2.00 bits per heavy atom. The van der Waals surface area contributed by atoms with E-state index in [2.05, 4.69) is 20.4 Å². The Morgan fingerprint density at radius 1 is 1.33 bits per heavy atom. The summed E-state index contributed by atoms with van der Waals surface area (Å²) in [6, 6.07) is 0.145. The van der Waals surface area contributed by atoms with Crippen LogP contribution in [0.3, 0.4) is 0 Å². The van der Waals surface area contributed by atoms with Crippen molar-refractivity contribution in [2.45, 2.75) is 19.1 Å². The van der Waals surface area contributed by atoms with Gasteiger partial charge < -0.3 is 19.8 Å². The third kappa shape index (κ3) is 2.58. The molecular formula is C9H16N6O3. The van der Waals surface area contributed by atoms with Crippen molar-refractivity contribution in [3.05, 3.63) is 0 Å². The van der Waals surface area contributed by atoms with Gasteiger partial charge in [0.05, 0.1) is 18.8 Å². The summed E-state index contributed by atoms with van der Waals surface area (Å²) in [5, 5.41) is 19.0. The van der Waals surface area contributed by atoms with Crippen molar-refractivity contribution in [2.24, 2.45) is 5.84 Å². The molecule has 0 amide bonds. The summed E-state index contributed by atoms with van der Waals surface area (Å²) in [5.41, 5.74) is 2.32. The minimum Gasteiger partial charge on any atom is -0.464 e. The molecule has 0 spiro atoms. The van der Waals surface area contributed by atoms with E-state index in [1.54, 1.807) is 4.90 Å². The molecule has 1 aliphatic rings. The molecule has 100 valence electrons. The Morgan fingerprint density at radius 3 is 2.56 bits per heavy atom. The van der Waals surface area contributed by atoms with Crippen LogP contribution in [0.4, 0.5) is 11.9 Å². The first-order valence-corrected chi connectivity index (χ1v) is 5.60. The average molecular weight is 256 g/mol. The van der Waals surface area contributed by atoms with Crippen LogP contribution in [0.25, 0.3) is 0 Å². The number of aromatic nitrogens is 3. The number of β-amino-alcohol motifs (C(OH)–C–C–N with tert-alkyl or cyclic N) is 2. The van der Waals surface area contributed by atoms with Crippen LogP contribution < -0.4 is 20.9 Å². The lowest BCUT2D eigenvalue weighted by atomic mass is 10.3. The second-order valence-corrected chi connectivity index (χ2v) is 3.86. The molecule has 9 nitrogen and oxygen atoms in total. The topological polar surface area (TPSA) is 130 Å². The lowest BCUT2D eigenvalue weighted by Gasteiger charge is -2.16. The molecule has 2 atom stereocenters. The van der Waals surface area contributed by atoms with Crippen molar-refractivity contribution in [1.82, 2.24) is 15.0 Å². The summed E-state index contributed by atoms with van der Waals surface area (Å²) in [6.07, 6.45) is -1.63. The van der Waals surface area contributed by atoms with Gasteiger partial charge in [0.25, 0.3) is 0 Å². The number of nitrogen functional groups attached to an aromatic ring is 1. The van der Waals surface area contributed by atoms with Gasteiger partial charge in [0, 0.05) is 13.1 Å². The molecule has 0 aliphatic carbocycles. The molecule has 2 rings (SSSR count). The largest absolute Gasteiger partial charge is 0.464 e. The predicted octanol–water partition coefficient (Wildman–Crippen LogP) is -1.90.